The Morgan fingerprint density at radius 2 is 1.94 bits per heavy atom. The number of aryl methyl sites for hydroxylation is 2. The van der Waals surface area contributed by atoms with Gasteiger partial charge in [-0.3, -0.25) is 19.4 Å². The first-order valence-electron chi connectivity index (χ1n) is 11.0. The van der Waals surface area contributed by atoms with Crippen LogP contribution < -0.4 is 11.0 Å². The number of nitrogens with one attached hydrogen (secondary N) is 1. The Morgan fingerprint density at radius 1 is 1.09 bits per heavy atom. The van der Waals surface area contributed by atoms with E-state index in [4.69, 9.17) is 5.41 Å². The van der Waals surface area contributed by atoms with Crippen LogP contribution in [-0.4, -0.2) is 47.4 Å². The number of fused-ring (bicyclic) bond motifs is 2. The Hall–Kier alpha value is -3.75. The number of pyridine rings is 2. The minimum Gasteiger partial charge on any atom is -0.339 e. The molecular formula is C23H25N7O2. The predicted molar refractivity (Wildman–Crippen MR) is 119 cm³/mol. The monoisotopic (exact) mass is 431 g/mol. The molecule has 0 aromatic carbocycles. The Balaban J connectivity index is 1.64. The maximum absolute atomic E-state index is 13.3. The van der Waals surface area contributed by atoms with Crippen molar-refractivity contribution in [2.24, 2.45) is 0 Å². The lowest BCUT2D eigenvalue weighted by Gasteiger charge is -2.27. The van der Waals surface area contributed by atoms with Gasteiger partial charge in [-0.05, 0) is 43.9 Å². The molecule has 1 N–H and O–H groups in total. The van der Waals surface area contributed by atoms with Gasteiger partial charge >= 0.3 is 0 Å². The molecule has 164 valence electrons. The van der Waals surface area contributed by atoms with Crippen LogP contribution in [0.15, 0.2) is 54.0 Å². The lowest BCUT2D eigenvalue weighted by atomic mass is 10.1. The van der Waals surface area contributed by atoms with Crippen LogP contribution in [0.2, 0.25) is 0 Å². The smallest absolute Gasteiger partial charge is 0.267 e. The average molecular weight is 432 g/mol. The van der Waals surface area contributed by atoms with Crippen molar-refractivity contribution in [3.05, 3.63) is 70.6 Å². The van der Waals surface area contributed by atoms with Gasteiger partial charge in [-0.1, -0.05) is 6.07 Å². The Morgan fingerprint density at radius 3 is 2.72 bits per heavy atom. The lowest BCUT2D eigenvalue weighted by Crippen LogP contribution is -2.40. The number of nitrogens with zero attached hydrogens (tertiary/aromatic N) is 6. The minimum absolute atomic E-state index is 0.103. The van der Waals surface area contributed by atoms with Gasteiger partial charge in [-0.2, -0.15) is 0 Å². The van der Waals surface area contributed by atoms with E-state index in [1.807, 2.05) is 16.8 Å². The summed E-state index contributed by atoms with van der Waals surface area (Å²) in [6, 6.07) is 6.94. The average Bonchev–Trinajstić information content (AvgIpc) is 3.34. The molecule has 0 aliphatic carbocycles. The van der Waals surface area contributed by atoms with Gasteiger partial charge < -0.3 is 14.0 Å². The maximum atomic E-state index is 13.3. The van der Waals surface area contributed by atoms with Gasteiger partial charge in [-0.15, -0.1) is 0 Å². The first-order chi connectivity index (χ1) is 15.6. The SMILES string of the molecule is N=c1c(C(=O)N2CCCCC2)cc2c(=O)n3ccccc3nc2n1CCCn1ccnc1. The summed E-state index contributed by atoms with van der Waals surface area (Å²) in [5.41, 5.74) is 1.08. The maximum Gasteiger partial charge on any atom is 0.267 e. The predicted octanol–water partition coefficient (Wildman–Crippen LogP) is 2.04. The van der Waals surface area contributed by atoms with Gasteiger partial charge in [0.1, 0.15) is 16.8 Å². The van der Waals surface area contributed by atoms with E-state index in [1.165, 1.54) is 4.40 Å². The Labute approximate surface area is 184 Å². The van der Waals surface area contributed by atoms with Crippen molar-refractivity contribution in [2.45, 2.75) is 38.8 Å². The van der Waals surface area contributed by atoms with Gasteiger partial charge in [0.15, 0.2) is 0 Å². The molecule has 1 aliphatic rings. The molecule has 5 rings (SSSR count). The molecule has 1 amide bonds. The number of amides is 1. The zero-order valence-corrected chi connectivity index (χ0v) is 17.8. The van der Waals surface area contributed by atoms with E-state index in [0.717, 1.165) is 19.3 Å². The summed E-state index contributed by atoms with van der Waals surface area (Å²) in [5.74, 6) is -0.183. The molecule has 0 unspecified atom stereocenters. The van der Waals surface area contributed by atoms with Crippen LogP contribution in [0.5, 0.6) is 0 Å². The third-order valence-corrected chi connectivity index (χ3v) is 6.05. The van der Waals surface area contributed by atoms with Crippen molar-refractivity contribution in [3.8, 4) is 0 Å². The summed E-state index contributed by atoms with van der Waals surface area (Å²) in [4.78, 5) is 37.1. The largest absolute Gasteiger partial charge is 0.339 e. The highest BCUT2D eigenvalue weighted by Gasteiger charge is 2.23. The second-order valence-electron chi connectivity index (χ2n) is 8.15. The highest BCUT2D eigenvalue weighted by atomic mass is 16.2. The zero-order chi connectivity index (χ0) is 22.1. The number of piperidine rings is 1. The minimum atomic E-state index is -0.235. The molecule has 0 saturated carbocycles. The fourth-order valence-corrected chi connectivity index (χ4v) is 4.37. The molecule has 0 bridgehead atoms. The second kappa shape index (κ2) is 8.41. The van der Waals surface area contributed by atoms with Gasteiger partial charge in [0, 0.05) is 44.8 Å². The molecule has 4 aromatic rings. The van der Waals surface area contributed by atoms with E-state index in [9.17, 15) is 9.59 Å². The summed E-state index contributed by atoms with van der Waals surface area (Å²) < 4.78 is 5.15. The van der Waals surface area contributed by atoms with Crippen molar-refractivity contribution in [1.82, 2.24) is 28.4 Å². The summed E-state index contributed by atoms with van der Waals surface area (Å²) in [6.45, 7) is 2.55. The number of hydrogen-bond donors (Lipinski definition) is 1. The van der Waals surface area contributed by atoms with Gasteiger partial charge in [0.2, 0.25) is 0 Å². The zero-order valence-electron chi connectivity index (χ0n) is 17.8. The van der Waals surface area contributed by atoms with E-state index >= 15 is 0 Å². The van der Waals surface area contributed by atoms with E-state index in [2.05, 4.69) is 9.97 Å². The van der Waals surface area contributed by atoms with Crippen molar-refractivity contribution < 1.29 is 4.79 Å². The topological polar surface area (TPSA) is 101 Å². The van der Waals surface area contributed by atoms with Crippen LogP contribution in [0.3, 0.4) is 0 Å². The van der Waals surface area contributed by atoms with E-state index in [1.54, 1.807) is 46.4 Å². The lowest BCUT2D eigenvalue weighted by molar-refractivity contribution is 0.0721. The van der Waals surface area contributed by atoms with Crippen LogP contribution in [0.4, 0.5) is 0 Å². The van der Waals surface area contributed by atoms with Crippen molar-refractivity contribution in [3.63, 3.8) is 0 Å². The van der Waals surface area contributed by atoms with E-state index in [-0.39, 0.29) is 22.5 Å². The molecule has 1 saturated heterocycles. The number of hydrogen-bond acceptors (Lipinski definition) is 5. The summed E-state index contributed by atoms with van der Waals surface area (Å²) >= 11 is 0. The van der Waals surface area contributed by atoms with Crippen LogP contribution in [0, 0.1) is 5.41 Å². The van der Waals surface area contributed by atoms with Crippen LogP contribution in [0.25, 0.3) is 16.7 Å². The van der Waals surface area contributed by atoms with Crippen molar-refractivity contribution >= 4 is 22.6 Å². The first-order valence-corrected chi connectivity index (χ1v) is 11.0. The molecule has 0 atom stereocenters. The molecule has 1 aliphatic heterocycles. The molecular weight excluding hydrogens is 406 g/mol. The second-order valence-corrected chi connectivity index (χ2v) is 8.15. The molecule has 9 nitrogen and oxygen atoms in total. The van der Waals surface area contributed by atoms with Crippen LogP contribution >= 0.6 is 0 Å². The van der Waals surface area contributed by atoms with Gasteiger partial charge in [0.05, 0.1) is 17.3 Å². The molecule has 1 fully saturated rings. The first kappa shape index (κ1) is 20.2. The molecule has 32 heavy (non-hydrogen) atoms. The summed E-state index contributed by atoms with van der Waals surface area (Å²) in [7, 11) is 0. The number of carbonyl (C=O) groups excluding carboxylic acids is 1. The molecule has 4 aromatic heterocycles. The standard InChI is InChI=1S/C23H25N7O2/c24-20-17(22(31)28-10-3-1-4-11-28)15-18-21(26-19-7-2-5-12-29(19)23(18)32)30(20)13-6-9-27-14-8-25-16-27/h2,5,7-8,12,14-16,24H,1,3-4,6,9-11,13H2. The Bertz CT molecular complexity index is 1400. The number of rotatable bonds is 5. The quantitative estimate of drug-likeness (QED) is 0.489. The normalized spacial score (nSPS) is 14.3. The summed E-state index contributed by atoms with van der Waals surface area (Å²) in [6.07, 6.45) is 10.8. The number of aromatic nitrogens is 5. The van der Waals surface area contributed by atoms with Gasteiger partial charge in [0.25, 0.3) is 11.5 Å². The highest BCUT2D eigenvalue weighted by molar-refractivity contribution is 5.96. The summed E-state index contributed by atoms with van der Waals surface area (Å²) in [5, 5.41) is 9.21. The molecule has 9 heteroatoms. The highest BCUT2D eigenvalue weighted by Crippen LogP contribution is 2.15. The fourth-order valence-electron chi connectivity index (χ4n) is 4.37. The third-order valence-electron chi connectivity index (χ3n) is 6.05. The van der Waals surface area contributed by atoms with Crippen molar-refractivity contribution in [1.29, 1.82) is 5.41 Å². The van der Waals surface area contributed by atoms with Crippen LogP contribution in [0.1, 0.15) is 36.0 Å². The number of imidazole rings is 1. The van der Waals surface area contributed by atoms with Crippen molar-refractivity contribution in [2.75, 3.05) is 13.1 Å². The third kappa shape index (κ3) is 3.59. The van der Waals surface area contributed by atoms with Crippen LogP contribution in [-0.2, 0) is 13.1 Å². The van der Waals surface area contributed by atoms with E-state index in [0.29, 0.717) is 49.3 Å². The number of likely N-dealkylation sites (tertiary alicyclic amines) is 1. The van der Waals surface area contributed by atoms with E-state index < -0.39 is 0 Å². The Kier molecular flexibility index (Phi) is 5.30. The number of carbonyl (C=O) groups is 1. The van der Waals surface area contributed by atoms with Gasteiger partial charge in [-0.25, -0.2) is 9.97 Å². The molecule has 0 radical (unpaired) electrons. The molecule has 0 spiro atoms. The molecule has 5 heterocycles. The fraction of sp³-hybridized carbons (Fsp3) is 0.348.